The van der Waals surface area contributed by atoms with Gasteiger partial charge in [-0.25, -0.2) is 0 Å². The summed E-state index contributed by atoms with van der Waals surface area (Å²) in [7, 11) is 1.79. The minimum absolute atomic E-state index is 0.0298. The van der Waals surface area contributed by atoms with Gasteiger partial charge in [0.2, 0.25) is 0 Å². The van der Waals surface area contributed by atoms with E-state index in [9.17, 15) is 9.59 Å². The van der Waals surface area contributed by atoms with E-state index in [2.05, 4.69) is 12.1 Å². The first kappa shape index (κ1) is 17.7. The molecule has 0 spiro atoms. The van der Waals surface area contributed by atoms with Crippen LogP contribution in [0.25, 0.3) is 0 Å². The Morgan fingerprint density at radius 3 is 2.33 bits per heavy atom. The highest BCUT2D eigenvalue weighted by Crippen LogP contribution is 2.14. The molecule has 2 aromatic rings. The normalized spacial score (nSPS) is 10.4. The van der Waals surface area contributed by atoms with Crippen molar-refractivity contribution in [2.45, 2.75) is 25.7 Å². The fraction of sp³-hybridized carbons (Fsp3) is 0.300. The molecule has 0 saturated heterocycles. The van der Waals surface area contributed by atoms with E-state index in [1.807, 2.05) is 36.4 Å². The van der Waals surface area contributed by atoms with Gasteiger partial charge in [-0.2, -0.15) is 0 Å². The number of aliphatic carboxylic acids is 1. The first-order valence-electron chi connectivity index (χ1n) is 8.17. The Morgan fingerprint density at radius 2 is 1.62 bits per heavy atom. The van der Waals surface area contributed by atoms with Crippen LogP contribution in [0.2, 0.25) is 0 Å². The predicted molar refractivity (Wildman–Crippen MR) is 94.1 cm³/mol. The van der Waals surface area contributed by atoms with Gasteiger partial charge in [0.05, 0.1) is 0 Å². The Bertz CT molecular complexity index is 682. The maximum atomic E-state index is 12.6. The van der Waals surface area contributed by atoms with Crippen molar-refractivity contribution in [3.63, 3.8) is 0 Å². The molecule has 2 aromatic carbocycles. The maximum Gasteiger partial charge on any atom is 0.303 e. The highest BCUT2D eigenvalue weighted by Gasteiger charge is 2.15. The third-order valence-corrected chi connectivity index (χ3v) is 4.00. The highest BCUT2D eigenvalue weighted by molar-refractivity contribution is 5.95. The van der Waals surface area contributed by atoms with E-state index in [0.717, 1.165) is 18.4 Å². The number of carbonyl (C=O) groups excluding carboxylic acids is 1. The lowest BCUT2D eigenvalue weighted by Gasteiger charge is -2.19. The minimum Gasteiger partial charge on any atom is -0.481 e. The largest absolute Gasteiger partial charge is 0.481 e. The molecule has 0 saturated carbocycles. The fourth-order valence-electron chi connectivity index (χ4n) is 2.66. The van der Waals surface area contributed by atoms with E-state index < -0.39 is 5.97 Å². The van der Waals surface area contributed by atoms with Crippen LogP contribution >= 0.6 is 0 Å². The van der Waals surface area contributed by atoms with Crippen LogP contribution in [0.15, 0.2) is 54.6 Å². The molecule has 0 aliphatic carbocycles. The molecule has 4 nitrogen and oxygen atoms in total. The van der Waals surface area contributed by atoms with Crippen molar-refractivity contribution < 1.29 is 14.7 Å². The van der Waals surface area contributed by atoms with Crippen molar-refractivity contribution in [1.82, 2.24) is 4.90 Å². The van der Waals surface area contributed by atoms with E-state index in [0.29, 0.717) is 18.5 Å². The summed E-state index contributed by atoms with van der Waals surface area (Å²) in [5, 5.41) is 8.84. The Balaban J connectivity index is 1.93. The molecule has 0 unspecified atom stereocenters. The van der Waals surface area contributed by atoms with Crippen LogP contribution in [-0.2, 0) is 17.6 Å². The lowest BCUT2D eigenvalue weighted by molar-refractivity contribution is -0.136. The summed E-state index contributed by atoms with van der Waals surface area (Å²) < 4.78 is 0. The van der Waals surface area contributed by atoms with Gasteiger partial charge in [-0.1, -0.05) is 48.5 Å². The average Bonchev–Trinajstić information content (AvgIpc) is 2.60. The summed E-state index contributed by atoms with van der Waals surface area (Å²) in [5.74, 6) is -0.905. The Kier molecular flexibility index (Phi) is 6.55. The zero-order valence-corrected chi connectivity index (χ0v) is 13.9. The second kappa shape index (κ2) is 8.87. The number of hydrogen-bond donors (Lipinski definition) is 1. The van der Waals surface area contributed by atoms with Crippen LogP contribution in [0.3, 0.4) is 0 Å². The summed E-state index contributed by atoms with van der Waals surface area (Å²) >= 11 is 0. The molecule has 0 bridgehead atoms. The average molecular weight is 325 g/mol. The Hall–Kier alpha value is -2.62. The molecule has 1 N–H and O–H groups in total. The third-order valence-electron chi connectivity index (χ3n) is 4.00. The molecule has 0 radical (unpaired) electrons. The molecule has 0 aliphatic rings. The summed E-state index contributed by atoms with van der Waals surface area (Å²) in [6, 6.07) is 17.4. The Morgan fingerprint density at radius 1 is 0.958 bits per heavy atom. The first-order chi connectivity index (χ1) is 11.6. The molecule has 0 atom stereocenters. The van der Waals surface area contributed by atoms with Crippen molar-refractivity contribution in [2.75, 3.05) is 13.6 Å². The smallest absolute Gasteiger partial charge is 0.303 e. The van der Waals surface area contributed by atoms with Gasteiger partial charge in [0.15, 0.2) is 0 Å². The van der Waals surface area contributed by atoms with Crippen molar-refractivity contribution in [2.24, 2.45) is 0 Å². The Labute approximate surface area is 142 Å². The maximum absolute atomic E-state index is 12.6. The van der Waals surface area contributed by atoms with Crippen molar-refractivity contribution in [3.8, 4) is 0 Å². The zero-order valence-electron chi connectivity index (χ0n) is 13.9. The highest BCUT2D eigenvalue weighted by atomic mass is 16.4. The molecule has 0 aromatic heterocycles. The number of aryl methyl sites for hydroxylation is 2. The van der Waals surface area contributed by atoms with Gasteiger partial charge in [0, 0.05) is 25.6 Å². The molecule has 4 heteroatoms. The van der Waals surface area contributed by atoms with Crippen LogP contribution in [0.4, 0.5) is 0 Å². The van der Waals surface area contributed by atoms with E-state index in [1.165, 1.54) is 5.56 Å². The van der Waals surface area contributed by atoms with Crippen molar-refractivity contribution in [1.29, 1.82) is 0 Å². The van der Waals surface area contributed by atoms with E-state index in [4.69, 9.17) is 5.11 Å². The van der Waals surface area contributed by atoms with Crippen molar-refractivity contribution in [3.05, 3.63) is 71.3 Å². The second-order valence-electron chi connectivity index (χ2n) is 5.87. The van der Waals surface area contributed by atoms with Crippen LogP contribution in [0, 0.1) is 0 Å². The van der Waals surface area contributed by atoms with Gasteiger partial charge >= 0.3 is 5.97 Å². The van der Waals surface area contributed by atoms with Crippen LogP contribution in [0.5, 0.6) is 0 Å². The quantitative estimate of drug-likeness (QED) is 0.809. The van der Waals surface area contributed by atoms with Gasteiger partial charge in [-0.15, -0.1) is 0 Å². The third kappa shape index (κ3) is 5.23. The topological polar surface area (TPSA) is 57.6 Å². The number of benzene rings is 2. The summed E-state index contributed by atoms with van der Waals surface area (Å²) in [6.45, 7) is 0.668. The molecule has 0 heterocycles. The van der Waals surface area contributed by atoms with Gasteiger partial charge < -0.3 is 10.0 Å². The van der Waals surface area contributed by atoms with E-state index in [-0.39, 0.29) is 12.3 Å². The lowest BCUT2D eigenvalue weighted by atomic mass is 10.0. The van der Waals surface area contributed by atoms with Gasteiger partial charge in [0.1, 0.15) is 0 Å². The number of nitrogens with zero attached hydrogens (tertiary/aromatic N) is 1. The fourth-order valence-corrected chi connectivity index (χ4v) is 2.66. The summed E-state index contributed by atoms with van der Waals surface area (Å²) in [4.78, 5) is 25.1. The number of carboxylic acid groups (broad SMARTS) is 1. The standard InChI is InChI=1S/C20H23NO3/c1-21(15-7-10-16-8-3-2-4-9-16)20(24)18-12-6-5-11-17(18)13-14-19(22)23/h2-6,8-9,11-12H,7,10,13-15H2,1H3,(H,22,23). The molecule has 24 heavy (non-hydrogen) atoms. The number of amides is 1. The molecule has 2 rings (SSSR count). The zero-order chi connectivity index (χ0) is 17.4. The van der Waals surface area contributed by atoms with Crippen LogP contribution in [-0.4, -0.2) is 35.5 Å². The SMILES string of the molecule is CN(CCCc1ccccc1)C(=O)c1ccccc1CCC(=O)O. The number of carbonyl (C=O) groups is 2. The van der Waals surface area contributed by atoms with Crippen molar-refractivity contribution >= 4 is 11.9 Å². The summed E-state index contributed by atoms with van der Waals surface area (Å²) in [5.41, 5.74) is 2.65. The number of carboxylic acids is 1. The molecule has 0 aliphatic heterocycles. The van der Waals surface area contributed by atoms with Crippen LogP contribution < -0.4 is 0 Å². The minimum atomic E-state index is -0.853. The monoisotopic (exact) mass is 325 g/mol. The molecule has 0 fully saturated rings. The predicted octanol–water partition coefficient (Wildman–Crippen LogP) is 3.41. The lowest BCUT2D eigenvalue weighted by Crippen LogP contribution is -2.29. The van der Waals surface area contributed by atoms with Crippen LogP contribution in [0.1, 0.15) is 34.3 Å². The molecule has 1 amide bonds. The second-order valence-corrected chi connectivity index (χ2v) is 5.87. The molecular weight excluding hydrogens is 302 g/mol. The molecule has 126 valence electrons. The van der Waals surface area contributed by atoms with Gasteiger partial charge in [-0.3, -0.25) is 9.59 Å². The number of rotatable bonds is 8. The van der Waals surface area contributed by atoms with E-state index >= 15 is 0 Å². The number of hydrogen-bond acceptors (Lipinski definition) is 2. The molecular formula is C20H23NO3. The first-order valence-corrected chi connectivity index (χ1v) is 8.17. The van der Waals surface area contributed by atoms with Gasteiger partial charge in [-0.05, 0) is 36.5 Å². The summed E-state index contributed by atoms with van der Waals surface area (Å²) in [6.07, 6.45) is 2.22. The van der Waals surface area contributed by atoms with E-state index in [1.54, 1.807) is 18.0 Å². The van der Waals surface area contributed by atoms with Gasteiger partial charge in [0.25, 0.3) is 5.91 Å².